The predicted octanol–water partition coefficient (Wildman–Crippen LogP) is 3.01. The van der Waals surface area contributed by atoms with Gasteiger partial charge in [0.2, 0.25) is 11.8 Å². The van der Waals surface area contributed by atoms with Crippen LogP contribution in [0.1, 0.15) is 22.6 Å². The van der Waals surface area contributed by atoms with E-state index in [9.17, 15) is 9.59 Å². The van der Waals surface area contributed by atoms with E-state index in [1.807, 2.05) is 78.9 Å². The van der Waals surface area contributed by atoms with E-state index >= 15 is 0 Å². The minimum Gasteiger partial charge on any atom is -0.368 e. The number of hydrogen-bond acceptors (Lipinski definition) is 2. The molecule has 2 amide bonds. The van der Waals surface area contributed by atoms with Crippen LogP contribution in [0, 0.1) is 0 Å². The second-order valence-electron chi connectivity index (χ2n) is 6.76. The highest BCUT2D eigenvalue weighted by atomic mass is 16.2. The van der Waals surface area contributed by atoms with Gasteiger partial charge in [0.15, 0.2) is 0 Å². The van der Waals surface area contributed by atoms with Crippen LogP contribution < -0.4 is 11.1 Å². The lowest BCUT2D eigenvalue weighted by atomic mass is 9.95. The zero-order chi connectivity index (χ0) is 18.8. The van der Waals surface area contributed by atoms with Gasteiger partial charge >= 0.3 is 0 Å². The maximum Gasteiger partial charge on any atom is 0.240 e. The molecule has 0 saturated heterocycles. The molecule has 0 bridgehead atoms. The molecule has 0 unspecified atom stereocenters. The Balaban J connectivity index is 1.63. The fourth-order valence-electron chi connectivity index (χ4n) is 3.77. The molecule has 0 saturated carbocycles. The molecule has 4 rings (SSSR count). The Morgan fingerprint density at radius 2 is 1.33 bits per heavy atom. The summed E-state index contributed by atoms with van der Waals surface area (Å²) in [6.07, 6.45) is 0.373. The number of amides is 2. The Morgan fingerprint density at radius 1 is 0.815 bits per heavy atom. The topological polar surface area (TPSA) is 72.2 Å². The molecule has 27 heavy (non-hydrogen) atoms. The van der Waals surface area contributed by atoms with E-state index in [-0.39, 0.29) is 5.91 Å². The first-order valence-corrected chi connectivity index (χ1v) is 8.97. The van der Waals surface area contributed by atoms with Crippen molar-refractivity contribution in [2.45, 2.75) is 18.4 Å². The summed E-state index contributed by atoms with van der Waals surface area (Å²) in [6.45, 7) is 0. The second-order valence-corrected chi connectivity index (χ2v) is 6.76. The summed E-state index contributed by atoms with van der Waals surface area (Å²) >= 11 is 0. The number of nitrogens with two attached hydrogens (primary N) is 1. The molecule has 0 fully saturated rings. The molecular formula is C23H20N2O2. The summed E-state index contributed by atoms with van der Waals surface area (Å²) in [5.41, 5.74) is 10.6. The van der Waals surface area contributed by atoms with Crippen molar-refractivity contribution in [2.75, 3.05) is 0 Å². The number of primary amides is 1. The molecule has 1 atom stereocenters. The van der Waals surface area contributed by atoms with Crippen LogP contribution in [0.5, 0.6) is 0 Å². The van der Waals surface area contributed by atoms with Crippen molar-refractivity contribution in [1.29, 1.82) is 0 Å². The number of fused-ring (bicyclic) bond motifs is 3. The van der Waals surface area contributed by atoms with E-state index in [1.54, 1.807) is 0 Å². The Labute approximate surface area is 158 Å². The van der Waals surface area contributed by atoms with E-state index < -0.39 is 17.9 Å². The maximum atomic E-state index is 13.2. The summed E-state index contributed by atoms with van der Waals surface area (Å²) in [6, 6.07) is 24.6. The van der Waals surface area contributed by atoms with Gasteiger partial charge < -0.3 is 11.1 Å². The highest BCUT2D eigenvalue weighted by Crippen LogP contribution is 2.44. The van der Waals surface area contributed by atoms with Crippen molar-refractivity contribution in [2.24, 2.45) is 5.73 Å². The first-order valence-electron chi connectivity index (χ1n) is 8.97. The fraction of sp³-hybridized carbons (Fsp3) is 0.130. The largest absolute Gasteiger partial charge is 0.368 e. The molecule has 0 aliphatic heterocycles. The molecule has 1 aliphatic carbocycles. The molecule has 134 valence electrons. The summed E-state index contributed by atoms with van der Waals surface area (Å²) in [4.78, 5) is 25.1. The monoisotopic (exact) mass is 356 g/mol. The Morgan fingerprint density at radius 3 is 1.89 bits per heavy atom. The van der Waals surface area contributed by atoms with Crippen molar-refractivity contribution in [3.8, 4) is 11.1 Å². The summed E-state index contributed by atoms with van der Waals surface area (Å²) in [5, 5.41) is 2.88. The van der Waals surface area contributed by atoms with Crippen LogP contribution in [-0.4, -0.2) is 17.9 Å². The zero-order valence-corrected chi connectivity index (χ0v) is 14.8. The second kappa shape index (κ2) is 7.08. The van der Waals surface area contributed by atoms with E-state index in [4.69, 9.17) is 5.73 Å². The lowest BCUT2D eigenvalue weighted by Gasteiger charge is -2.20. The lowest BCUT2D eigenvalue weighted by Crippen LogP contribution is -2.47. The molecule has 3 aromatic rings. The smallest absolute Gasteiger partial charge is 0.240 e. The van der Waals surface area contributed by atoms with Gasteiger partial charge in [-0.25, -0.2) is 0 Å². The average molecular weight is 356 g/mol. The third-order valence-corrected chi connectivity index (χ3v) is 5.04. The van der Waals surface area contributed by atoms with Crippen LogP contribution in [0.2, 0.25) is 0 Å². The van der Waals surface area contributed by atoms with Crippen molar-refractivity contribution >= 4 is 11.8 Å². The van der Waals surface area contributed by atoms with Crippen LogP contribution >= 0.6 is 0 Å². The summed E-state index contributed by atoms with van der Waals surface area (Å²) < 4.78 is 0. The third kappa shape index (κ3) is 3.22. The summed E-state index contributed by atoms with van der Waals surface area (Å²) in [5.74, 6) is -1.17. The highest BCUT2D eigenvalue weighted by molar-refractivity contribution is 5.98. The van der Waals surface area contributed by atoms with E-state index in [0.29, 0.717) is 6.42 Å². The van der Waals surface area contributed by atoms with Gasteiger partial charge in [-0.3, -0.25) is 9.59 Å². The minimum atomic E-state index is -0.750. The Bertz CT molecular complexity index is 953. The van der Waals surface area contributed by atoms with E-state index in [2.05, 4.69) is 5.32 Å². The molecule has 0 aromatic heterocycles. The third-order valence-electron chi connectivity index (χ3n) is 5.04. The number of rotatable bonds is 5. The lowest BCUT2D eigenvalue weighted by molar-refractivity contribution is -0.127. The van der Waals surface area contributed by atoms with Crippen LogP contribution in [0.3, 0.4) is 0 Å². The Hall–Kier alpha value is -3.40. The van der Waals surface area contributed by atoms with Gasteiger partial charge in [0.05, 0.1) is 5.92 Å². The van der Waals surface area contributed by atoms with Gasteiger partial charge in [0.1, 0.15) is 6.04 Å². The first-order chi connectivity index (χ1) is 13.1. The van der Waals surface area contributed by atoms with Crippen molar-refractivity contribution in [1.82, 2.24) is 5.32 Å². The minimum absolute atomic E-state index is 0.202. The molecule has 3 N–H and O–H groups in total. The quantitative estimate of drug-likeness (QED) is 0.738. The van der Waals surface area contributed by atoms with Gasteiger partial charge in [-0.2, -0.15) is 0 Å². The molecule has 0 heterocycles. The van der Waals surface area contributed by atoms with Crippen LogP contribution in [-0.2, 0) is 16.0 Å². The van der Waals surface area contributed by atoms with Crippen molar-refractivity contribution < 1.29 is 9.59 Å². The zero-order valence-electron chi connectivity index (χ0n) is 14.8. The molecule has 0 spiro atoms. The van der Waals surface area contributed by atoms with Gasteiger partial charge in [0.25, 0.3) is 0 Å². The highest BCUT2D eigenvalue weighted by Gasteiger charge is 2.34. The van der Waals surface area contributed by atoms with Gasteiger partial charge in [0, 0.05) is 6.42 Å². The van der Waals surface area contributed by atoms with Crippen LogP contribution in [0.25, 0.3) is 11.1 Å². The normalized spacial score (nSPS) is 13.5. The van der Waals surface area contributed by atoms with Gasteiger partial charge in [-0.1, -0.05) is 78.9 Å². The maximum absolute atomic E-state index is 13.2. The number of carbonyl (C=O) groups excluding carboxylic acids is 2. The average Bonchev–Trinajstić information content (AvgIpc) is 3.03. The Kier molecular flexibility index (Phi) is 4.47. The standard InChI is InChI=1S/C23H20N2O2/c24-22(26)20(14-15-8-2-1-3-9-15)25-23(27)21-18-12-6-4-10-16(18)17-11-5-7-13-19(17)21/h1-13,20-21H,14H2,(H2,24,26)(H,25,27)/t20-/m0/s1. The van der Waals surface area contributed by atoms with Crippen molar-refractivity contribution in [3.63, 3.8) is 0 Å². The number of nitrogens with one attached hydrogen (secondary N) is 1. The molecule has 4 heteroatoms. The molecule has 0 radical (unpaired) electrons. The van der Waals surface area contributed by atoms with Gasteiger partial charge in [-0.05, 0) is 27.8 Å². The van der Waals surface area contributed by atoms with E-state index in [0.717, 1.165) is 27.8 Å². The number of hydrogen-bond donors (Lipinski definition) is 2. The number of benzene rings is 3. The first kappa shape index (κ1) is 17.0. The van der Waals surface area contributed by atoms with Crippen LogP contribution in [0.15, 0.2) is 78.9 Å². The summed E-state index contributed by atoms with van der Waals surface area (Å²) in [7, 11) is 0. The van der Waals surface area contributed by atoms with E-state index in [1.165, 1.54) is 0 Å². The molecule has 3 aromatic carbocycles. The van der Waals surface area contributed by atoms with Crippen molar-refractivity contribution in [3.05, 3.63) is 95.6 Å². The SMILES string of the molecule is NC(=O)[C@H](Cc1ccccc1)NC(=O)C1c2ccccc2-c2ccccc21. The predicted molar refractivity (Wildman–Crippen MR) is 105 cm³/mol. The van der Waals surface area contributed by atoms with Crippen LogP contribution in [0.4, 0.5) is 0 Å². The molecule has 1 aliphatic rings. The molecule has 4 nitrogen and oxygen atoms in total. The van der Waals surface area contributed by atoms with Gasteiger partial charge in [-0.15, -0.1) is 0 Å². The molecular weight excluding hydrogens is 336 g/mol. The number of carbonyl (C=O) groups is 2. The fourth-order valence-corrected chi connectivity index (χ4v) is 3.77.